The molecule has 0 aliphatic heterocycles. The molecular weight excluding hydrogens is 446 g/mol. The standard InChI is InChI=1S/C36H49N/c1-7-9-11-18-26-36(25-17-10-8-2)33-22-16-15-21-31(33)32-24-23-30(27-34(32)36)37(28(3)4)35(5,6)29-19-13-12-14-20-29/h12-16,19-24,27-28H,7-11,17-18,25-26H2,1-6H3. The molecule has 37 heavy (non-hydrogen) atoms. The molecule has 3 aromatic carbocycles. The van der Waals surface area contributed by atoms with Crippen LogP contribution in [0.15, 0.2) is 72.8 Å². The number of anilines is 1. The number of hydrogen-bond acceptors (Lipinski definition) is 1. The van der Waals surface area contributed by atoms with E-state index in [4.69, 9.17) is 0 Å². The summed E-state index contributed by atoms with van der Waals surface area (Å²) in [6.45, 7) is 14.1. The van der Waals surface area contributed by atoms with Gasteiger partial charge in [-0.15, -0.1) is 0 Å². The highest BCUT2D eigenvalue weighted by atomic mass is 15.2. The molecule has 1 aliphatic rings. The van der Waals surface area contributed by atoms with Crippen LogP contribution in [-0.2, 0) is 11.0 Å². The Balaban J connectivity index is 1.84. The first kappa shape index (κ1) is 27.5. The Morgan fingerprint density at radius 3 is 1.95 bits per heavy atom. The van der Waals surface area contributed by atoms with Crippen molar-refractivity contribution < 1.29 is 0 Å². The van der Waals surface area contributed by atoms with Gasteiger partial charge in [0.05, 0.1) is 5.54 Å². The highest BCUT2D eigenvalue weighted by molar-refractivity contribution is 5.83. The SMILES string of the molecule is CCCCCCC1(CCCCC)c2ccccc2-c2ccc(N(C(C)C)C(C)(C)c3ccccc3)cc21. The van der Waals surface area contributed by atoms with Gasteiger partial charge in [-0.05, 0) is 80.5 Å². The molecule has 1 atom stereocenters. The van der Waals surface area contributed by atoms with Crippen LogP contribution < -0.4 is 4.90 Å². The van der Waals surface area contributed by atoms with Crippen molar-refractivity contribution in [1.82, 2.24) is 0 Å². The summed E-state index contributed by atoms with van der Waals surface area (Å²) in [6, 6.07) is 28.1. The third kappa shape index (κ3) is 5.38. The normalized spacial score (nSPS) is 16.6. The van der Waals surface area contributed by atoms with Gasteiger partial charge in [0.1, 0.15) is 0 Å². The molecule has 0 aromatic heterocycles. The van der Waals surface area contributed by atoms with E-state index in [1.807, 2.05) is 0 Å². The first-order valence-electron chi connectivity index (χ1n) is 15.0. The average molecular weight is 496 g/mol. The van der Waals surface area contributed by atoms with Gasteiger partial charge < -0.3 is 4.90 Å². The molecule has 0 radical (unpaired) electrons. The largest absolute Gasteiger partial charge is 0.360 e. The number of hydrogen-bond donors (Lipinski definition) is 0. The molecule has 0 heterocycles. The van der Waals surface area contributed by atoms with Crippen LogP contribution in [0.25, 0.3) is 11.1 Å². The molecule has 4 rings (SSSR count). The van der Waals surface area contributed by atoms with E-state index < -0.39 is 0 Å². The maximum atomic E-state index is 2.64. The van der Waals surface area contributed by atoms with E-state index in [1.54, 1.807) is 11.1 Å². The molecule has 0 fully saturated rings. The van der Waals surface area contributed by atoms with Crippen molar-refractivity contribution in [2.45, 2.75) is 116 Å². The van der Waals surface area contributed by atoms with Crippen molar-refractivity contribution in [2.24, 2.45) is 0 Å². The van der Waals surface area contributed by atoms with Gasteiger partial charge in [-0.2, -0.15) is 0 Å². The molecule has 0 N–H and O–H groups in total. The van der Waals surface area contributed by atoms with Crippen molar-refractivity contribution in [2.75, 3.05) is 4.90 Å². The molecule has 0 saturated heterocycles. The van der Waals surface area contributed by atoms with Crippen molar-refractivity contribution in [1.29, 1.82) is 0 Å². The van der Waals surface area contributed by atoms with Crippen molar-refractivity contribution in [3.63, 3.8) is 0 Å². The van der Waals surface area contributed by atoms with E-state index in [1.165, 1.54) is 80.2 Å². The Bertz CT molecular complexity index is 1140. The molecule has 198 valence electrons. The lowest BCUT2D eigenvalue weighted by molar-refractivity contribution is 0.402. The van der Waals surface area contributed by atoms with Gasteiger partial charge in [-0.25, -0.2) is 0 Å². The Morgan fingerprint density at radius 1 is 0.676 bits per heavy atom. The van der Waals surface area contributed by atoms with Gasteiger partial charge in [0.25, 0.3) is 0 Å². The Kier molecular flexibility index (Phi) is 8.83. The van der Waals surface area contributed by atoms with Gasteiger partial charge in [-0.1, -0.05) is 119 Å². The molecule has 1 aliphatic carbocycles. The van der Waals surface area contributed by atoms with E-state index in [0.29, 0.717) is 6.04 Å². The van der Waals surface area contributed by atoms with Crippen LogP contribution >= 0.6 is 0 Å². The first-order chi connectivity index (χ1) is 17.9. The van der Waals surface area contributed by atoms with Gasteiger partial charge in [0.15, 0.2) is 0 Å². The zero-order valence-electron chi connectivity index (χ0n) is 24.3. The number of benzene rings is 3. The van der Waals surface area contributed by atoms with Crippen LogP contribution in [0.4, 0.5) is 5.69 Å². The molecule has 1 unspecified atom stereocenters. The number of rotatable bonds is 13. The summed E-state index contributed by atoms with van der Waals surface area (Å²) in [5, 5.41) is 0. The summed E-state index contributed by atoms with van der Waals surface area (Å²) >= 11 is 0. The zero-order valence-corrected chi connectivity index (χ0v) is 24.3. The highest BCUT2D eigenvalue weighted by Crippen LogP contribution is 2.55. The molecule has 0 amide bonds. The van der Waals surface area contributed by atoms with Crippen molar-refractivity contribution in [3.8, 4) is 11.1 Å². The average Bonchev–Trinajstić information content (AvgIpc) is 3.16. The number of fused-ring (bicyclic) bond motifs is 3. The predicted octanol–water partition coefficient (Wildman–Crippen LogP) is 10.7. The number of nitrogens with zero attached hydrogens (tertiary/aromatic N) is 1. The minimum atomic E-state index is -0.110. The monoisotopic (exact) mass is 495 g/mol. The quantitative estimate of drug-likeness (QED) is 0.213. The smallest absolute Gasteiger partial charge is 0.0600 e. The van der Waals surface area contributed by atoms with Crippen molar-refractivity contribution >= 4 is 5.69 Å². The summed E-state index contributed by atoms with van der Waals surface area (Å²) in [5.41, 5.74) is 8.82. The van der Waals surface area contributed by atoms with Crippen LogP contribution in [0.5, 0.6) is 0 Å². The van der Waals surface area contributed by atoms with E-state index in [0.717, 1.165) is 0 Å². The predicted molar refractivity (Wildman–Crippen MR) is 163 cm³/mol. The Morgan fingerprint density at radius 2 is 1.27 bits per heavy atom. The molecule has 3 aromatic rings. The van der Waals surface area contributed by atoms with Crippen LogP contribution in [-0.4, -0.2) is 6.04 Å². The van der Waals surface area contributed by atoms with E-state index in [9.17, 15) is 0 Å². The molecular formula is C36H49N. The summed E-state index contributed by atoms with van der Waals surface area (Å²) < 4.78 is 0. The maximum Gasteiger partial charge on any atom is 0.0600 e. The van der Waals surface area contributed by atoms with Crippen LogP contribution in [0.3, 0.4) is 0 Å². The summed E-state index contributed by atoms with van der Waals surface area (Å²) in [6.07, 6.45) is 11.7. The second kappa shape index (κ2) is 11.9. The van der Waals surface area contributed by atoms with Gasteiger partial charge in [0.2, 0.25) is 0 Å². The Labute approximate surface area is 227 Å². The fourth-order valence-corrected chi connectivity index (χ4v) is 7.04. The van der Waals surface area contributed by atoms with E-state index >= 15 is 0 Å². The zero-order chi connectivity index (χ0) is 26.5. The molecule has 1 heteroatoms. The molecule has 0 saturated carbocycles. The second-order valence-electron chi connectivity index (χ2n) is 12.0. The third-order valence-corrected chi connectivity index (χ3v) is 8.79. The van der Waals surface area contributed by atoms with E-state index in [-0.39, 0.29) is 11.0 Å². The molecule has 0 spiro atoms. The summed E-state index contributed by atoms with van der Waals surface area (Å²) in [4.78, 5) is 2.64. The topological polar surface area (TPSA) is 3.24 Å². The fraction of sp³-hybridized carbons (Fsp3) is 0.500. The Hall–Kier alpha value is -2.54. The highest BCUT2D eigenvalue weighted by Gasteiger charge is 2.43. The van der Waals surface area contributed by atoms with Crippen LogP contribution in [0, 0.1) is 0 Å². The molecule has 0 bridgehead atoms. The van der Waals surface area contributed by atoms with Gasteiger partial charge in [0, 0.05) is 17.1 Å². The summed E-state index contributed by atoms with van der Waals surface area (Å²) in [7, 11) is 0. The van der Waals surface area contributed by atoms with Crippen LogP contribution in [0.1, 0.15) is 116 Å². The van der Waals surface area contributed by atoms with Gasteiger partial charge >= 0.3 is 0 Å². The second-order valence-corrected chi connectivity index (χ2v) is 12.0. The lowest BCUT2D eigenvalue weighted by atomic mass is 9.70. The fourth-order valence-electron chi connectivity index (χ4n) is 7.04. The van der Waals surface area contributed by atoms with Crippen molar-refractivity contribution in [3.05, 3.63) is 89.5 Å². The lowest BCUT2D eigenvalue weighted by Crippen LogP contribution is -2.46. The van der Waals surface area contributed by atoms with Crippen LogP contribution in [0.2, 0.25) is 0 Å². The maximum absolute atomic E-state index is 2.64. The first-order valence-corrected chi connectivity index (χ1v) is 15.0. The summed E-state index contributed by atoms with van der Waals surface area (Å²) in [5.74, 6) is 0. The third-order valence-electron chi connectivity index (χ3n) is 8.79. The minimum absolute atomic E-state index is 0.110. The van der Waals surface area contributed by atoms with E-state index in [2.05, 4.69) is 119 Å². The lowest BCUT2D eigenvalue weighted by Gasteiger charge is -2.44. The minimum Gasteiger partial charge on any atom is -0.360 e. The number of unbranched alkanes of at least 4 members (excludes halogenated alkanes) is 5. The van der Waals surface area contributed by atoms with Gasteiger partial charge in [-0.3, -0.25) is 0 Å². The molecule has 1 nitrogen and oxygen atoms in total.